The van der Waals surface area contributed by atoms with E-state index in [1.807, 2.05) is 6.92 Å². The Bertz CT molecular complexity index is 1000. The van der Waals surface area contributed by atoms with Gasteiger partial charge in [-0.15, -0.1) is 0 Å². The molecule has 0 amide bonds. The fourth-order valence-electron chi connectivity index (χ4n) is 2.70. The van der Waals surface area contributed by atoms with Crippen molar-refractivity contribution < 1.29 is 23.4 Å². The number of anilines is 1. The predicted octanol–water partition coefficient (Wildman–Crippen LogP) is 3.21. The van der Waals surface area contributed by atoms with E-state index in [0.29, 0.717) is 27.4 Å². The van der Waals surface area contributed by atoms with E-state index in [0.717, 1.165) is 17.8 Å². The first kappa shape index (κ1) is 20.2. The van der Waals surface area contributed by atoms with Gasteiger partial charge in [0.25, 0.3) is 6.43 Å². The number of aromatic nitrogens is 3. The first-order valence-electron chi connectivity index (χ1n) is 8.15. The van der Waals surface area contributed by atoms with Crippen molar-refractivity contribution in [1.82, 2.24) is 14.3 Å². The van der Waals surface area contributed by atoms with Crippen LogP contribution in [0.2, 0.25) is 0 Å². The number of nitrogens with two attached hydrogens (primary N) is 1. The highest BCUT2D eigenvalue weighted by Crippen LogP contribution is 2.36. The van der Waals surface area contributed by atoms with Crippen LogP contribution >= 0.6 is 11.5 Å². The summed E-state index contributed by atoms with van der Waals surface area (Å²) < 4.78 is 44.2. The molecule has 1 aromatic carbocycles. The van der Waals surface area contributed by atoms with Crippen molar-refractivity contribution in [3.8, 4) is 21.8 Å². The number of aliphatic hydroxyl groups excluding tert-OH is 1. The van der Waals surface area contributed by atoms with Crippen LogP contribution in [0.5, 0.6) is 0 Å². The second-order valence-corrected chi connectivity index (χ2v) is 7.12. The highest BCUT2D eigenvalue weighted by atomic mass is 32.1. The number of alkyl halides is 3. The smallest absolute Gasteiger partial charge is 0.276 e. The van der Waals surface area contributed by atoms with Crippen LogP contribution < -0.4 is 5.73 Å². The van der Waals surface area contributed by atoms with E-state index in [1.165, 1.54) is 23.8 Å². The van der Waals surface area contributed by atoms with Gasteiger partial charge < -0.3 is 15.9 Å². The molecule has 0 aliphatic carbocycles. The molecule has 3 aromatic rings. The number of nitrogen functional groups attached to an aromatic ring is 1. The van der Waals surface area contributed by atoms with Gasteiger partial charge in [0.2, 0.25) is 12.0 Å². The minimum atomic E-state index is -3.55. The molecule has 0 radical (unpaired) electrons. The monoisotopic (exact) mass is 410 g/mol. The molecule has 10 heteroatoms. The molecule has 0 bridgehead atoms. The number of hydrogen-bond acceptors (Lipinski definition) is 7. The van der Waals surface area contributed by atoms with Gasteiger partial charge in [-0.2, -0.15) is 4.37 Å². The van der Waals surface area contributed by atoms with Crippen LogP contribution in [0.25, 0.3) is 21.8 Å². The van der Waals surface area contributed by atoms with E-state index in [4.69, 9.17) is 10.8 Å². The van der Waals surface area contributed by atoms with Crippen molar-refractivity contribution in [2.75, 3.05) is 5.73 Å². The summed E-state index contributed by atoms with van der Waals surface area (Å²) in [5.74, 6) is 0.171. The zero-order valence-corrected chi connectivity index (χ0v) is 15.7. The van der Waals surface area contributed by atoms with Crippen molar-refractivity contribution in [3.63, 3.8) is 0 Å². The molecule has 2 unspecified atom stereocenters. The van der Waals surface area contributed by atoms with Crippen LogP contribution in [0, 0.1) is 13.8 Å². The number of rotatable bonds is 5. The first-order valence-corrected chi connectivity index (χ1v) is 8.92. The number of halogens is 3. The number of aliphatic hydroxyl groups is 2. The molecule has 2 aromatic heterocycles. The van der Waals surface area contributed by atoms with Crippen molar-refractivity contribution in [2.45, 2.75) is 32.2 Å². The Morgan fingerprint density at radius 1 is 1.18 bits per heavy atom. The Balaban J connectivity index is 2.15. The van der Waals surface area contributed by atoms with Crippen LogP contribution in [0.3, 0.4) is 0 Å². The molecular weight excluding hydrogens is 393 g/mol. The van der Waals surface area contributed by atoms with Crippen LogP contribution in [0.15, 0.2) is 30.5 Å². The normalized spacial score (nSPS) is 14.9. The fraction of sp³-hybridized carbons (Fsp3) is 0.278. The third kappa shape index (κ3) is 3.46. The van der Waals surface area contributed by atoms with Crippen molar-refractivity contribution >= 4 is 17.4 Å². The lowest BCUT2D eigenvalue weighted by Crippen LogP contribution is -2.43. The molecule has 0 aliphatic rings. The van der Waals surface area contributed by atoms with E-state index in [2.05, 4.69) is 14.3 Å². The maximum atomic E-state index is 13.4. The SMILES string of the molecule is Cc1cc(-c2nc(-c3cc(C(O)(C(O)F)C(F)F)ccc3C)cnc2N)sn1. The van der Waals surface area contributed by atoms with Crippen molar-refractivity contribution in [1.29, 1.82) is 0 Å². The van der Waals surface area contributed by atoms with Crippen LogP contribution in [0.4, 0.5) is 19.0 Å². The Labute approximate surface area is 162 Å². The van der Waals surface area contributed by atoms with Gasteiger partial charge in [-0.05, 0) is 48.6 Å². The summed E-state index contributed by atoms with van der Waals surface area (Å²) in [5.41, 5.74) is 4.48. The lowest BCUT2D eigenvalue weighted by molar-refractivity contribution is -0.211. The maximum Gasteiger partial charge on any atom is 0.276 e. The minimum Gasteiger partial charge on any atom is -0.382 e. The molecule has 0 aliphatic heterocycles. The molecule has 0 saturated carbocycles. The molecule has 2 atom stereocenters. The van der Waals surface area contributed by atoms with Crippen molar-refractivity contribution in [3.05, 3.63) is 47.3 Å². The molecule has 3 rings (SSSR count). The fourth-order valence-corrected chi connectivity index (χ4v) is 3.45. The van der Waals surface area contributed by atoms with Gasteiger partial charge in [0.15, 0.2) is 5.82 Å². The second kappa shape index (κ2) is 7.46. The van der Waals surface area contributed by atoms with Gasteiger partial charge in [-0.25, -0.2) is 23.1 Å². The second-order valence-electron chi connectivity index (χ2n) is 6.31. The predicted molar refractivity (Wildman–Crippen MR) is 99.5 cm³/mol. The molecule has 0 saturated heterocycles. The topological polar surface area (TPSA) is 105 Å². The number of nitrogens with zero attached hydrogens (tertiary/aromatic N) is 3. The quantitative estimate of drug-likeness (QED) is 0.597. The van der Waals surface area contributed by atoms with Gasteiger partial charge in [-0.1, -0.05) is 12.1 Å². The van der Waals surface area contributed by atoms with Crippen LogP contribution in [0.1, 0.15) is 16.8 Å². The minimum absolute atomic E-state index is 0.171. The molecule has 4 N–H and O–H groups in total. The molecule has 28 heavy (non-hydrogen) atoms. The van der Waals surface area contributed by atoms with Gasteiger partial charge in [-0.3, -0.25) is 0 Å². The summed E-state index contributed by atoms with van der Waals surface area (Å²) in [6.07, 6.45) is -5.36. The standard InChI is InChI=1S/C18H17F3N4O2S/c1-8-3-4-10(18(27,16(19)20)17(21)26)6-11(8)12-7-23-15(22)14(24-12)13-5-9(2)25-28-13/h3-7,16-17,26-27H,1-2H3,(H2,22,23). The third-order valence-corrected chi connectivity index (χ3v) is 5.22. The number of hydrogen-bond donors (Lipinski definition) is 3. The van der Waals surface area contributed by atoms with Gasteiger partial charge in [0, 0.05) is 5.56 Å². The summed E-state index contributed by atoms with van der Waals surface area (Å²) in [4.78, 5) is 9.24. The molecular formula is C18H17F3N4O2S. The first-order chi connectivity index (χ1) is 13.1. The lowest BCUT2D eigenvalue weighted by atomic mass is 9.90. The number of benzene rings is 1. The van der Waals surface area contributed by atoms with Gasteiger partial charge in [0.1, 0.15) is 5.69 Å². The third-order valence-electron chi connectivity index (χ3n) is 4.33. The summed E-state index contributed by atoms with van der Waals surface area (Å²) in [6.45, 7) is 3.51. The summed E-state index contributed by atoms with van der Waals surface area (Å²) >= 11 is 1.19. The highest BCUT2D eigenvalue weighted by Gasteiger charge is 2.47. The van der Waals surface area contributed by atoms with E-state index in [9.17, 15) is 18.3 Å². The average molecular weight is 410 g/mol. The van der Waals surface area contributed by atoms with E-state index in [1.54, 1.807) is 13.0 Å². The summed E-state index contributed by atoms with van der Waals surface area (Å²) in [7, 11) is 0. The highest BCUT2D eigenvalue weighted by molar-refractivity contribution is 7.09. The zero-order chi connectivity index (χ0) is 20.6. The molecule has 2 heterocycles. The summed E-state index contributed by atoms with van der Waals surface area (Å²) in [6, 6.07) is 5.50. The summed E-state index contributed by atoms with van der Waals surface area (Å²) in [5, 5.41) is 19.2. The zero-order valence-electron chi connectivity index (χ0n) is 14.9. The lowest BCUT2D eigenvalue weighted by Gasteiger charge is -2.28. The molecule has 0 spiro atoms. The molecule has 148 valence electrons. The average Bonchev–Trinajstić information content (AvgIpc) is 3.07. The van der Waals surface area contributed by atoms with E-state index in [-0.39, 0.29) is 5.82 Å². The van der Waals surface area contributed by atoms with Gasteiger partial charge >= 0.3 is 0 Å². The van der Waals surface area contributed by atoms with Crippen LogP contribution in [-0.4, -0.2) is 37.3 Å². The maximum absolute atomic E-state index is 13.4. The van der Waals surface area contributed by atoms with Crippen LogP contribution in [-0.2, 0) is 5.60 Å². The molecule has 6 nitrogen and oxygen atoms in total. The molecule has 0 fully saturated rings. The Kier molecular flexibility index (Phi) is 5.37. The Morgan fingerprint density at radius 3 is 2.46 bits per heavy atom. The Morgan fingerprint density at radius 2 is 1.89 bits per heavy atom. The largest absolute Gasteiger partial charge is 0.382 e. The van der Waals surface area contributed by atoms with E-state index < -0.39 is 23.9 Å². The van der Waals surface area contributed by atoms with Gasteiger partial charge in [0.05, 0.1) is 22.5 Å². The van der Waals surface area contributed by atoms with Crippen molar-refractivity contribution in [2.24, 2.45) is 0 Å². The van der Waals surface area contributed by atoms with E-state index >= 15 is 0 Å². The Hall–Kier alpha value is -2.56. The number of aryl methyl sites for hydroxylation is 2.